The van der Waals surface area contributed by atoms with Gasteiger partial charge in [0.05, 0.1) is 23.0 Å². The number of hydrogen-bond donors (Lipinski definition) is 1. The van der Waals surface area contributed by atoms with Crippen molar-refractivity contribution < 1.29 is 22.7 Å². The number of methoxy groups -OCH3 is 1. The minimum Gasteiger partial charge on any atom is -0.382 e. The Labute approximate surface area is 132 Å². The van der Waals surface area contributed by atoms with Crippen molar-refractivity contribution in [1.29, 1.82) is 0 Å². The van der Waals surface area contributed by atoms with Gasteiger partial charge in [-0.2, -0.15) is 0 Å². The number of carbonyl (C=O) groups is 1. The molecule has 1 aromatic rings. The molecule has 0 radical (unpaired) electrons. The molecule has 1 rings (SSSR count). The van der Waals surface area contributed by atoms with Gasteiger partial charge in [0.25, 0.3) is 15.0 Å². The molecule has 0 spiro atoms. The number of thiophene rings is 1. The van der Waals surface area contributed by atoms with E-state index >= 15 is 0 Å². The van der Waals surface area contributed by atoms with E-state index in [1.165, 1.54) is 6.07 Å². The van der Waals surface area contributed by atoms with Crippen LogP contribution in [0.15, 0.2) is 11.0 Å². The fraction of sp³-hybridized carbons (Fsp3) is 0.583. The number of rotatable bonds is 9. The zero-order valence-electron chi connectivity index (χ0n) is 11.8. The van der Waals surface area contributed by atoms with Crippen molar-refractivity contribution in [2.24, 2.45) is 0 Å². The van der Waals surface area contributed by atoms with Crippen molar-refractivity contribution in [3.05, 3.63) is 15.8 Å². The summed E-state index contributed by atoms with van der Waals surface area (Å²) in [7, 11) is 3.08. The maximum absolute atomic E-state index is 11.9. The summed E-state index contributed by atoms with van der Waals surface area (Å²) in [5.74, 6) is -0.313. The second-order valence-corrected chi connectivity index (χ2v) is 7.97. The molecular formula is C12H18ClNO5S2. The zero-order valence-corrected chi connectivity index (χ0v) is 14.2. The van der Waals surface area contributed by atoms with Crippen LogP contribution in [0.5, 0.6) is 0 Å². The number of nitrogens with one attached hydrogen (secondary N) is 1. The van der Waals surface area contributed by atoms with E-state index in [1.807, 2.05) is 0 Å². The average Bonchev–Trinajstić information content (AvgIpc) is 2.79. The first-order chi connectivity index (χ1) is 9.86. The third-order valence-electron chi connectivity index (χ3n) is 2.54. The largest absolute Gasteiger partial charge is 0.382 e. The van der Waals surface area contributed by atoms with E-state index in [4.69, 9.17) is 20.2 Å². The minimum atomic E-state index is -3.81. The first-order valence-corrected chi connectivity index (χ1v) is 9.39. The van der Waals surface area contributed by atoms with E-state index in [2.05, 4.69) is 5.32 Å². The summed E-state index contributed by atoms with van der Waals surface area (Å²) in [6.07, 6.45) is 0.667. The number of halogens is 1. The van der Waals surface area contributed by atoms with Gasteiger partial charge in [0.1, 0.15) is 0 Å². The van der Waals surface area contributed by atoms with Crippen molar-refractivity contribution in [3.8, 4) is 0 Å². The lowest BCUT2D eigenvalue weighted by Gasteiger charge is -2.04. The molecule has 1 aromatic heterocycles. The van der Waals surface area contributed by atoms with Crippen LogP contribution >= 0.6 is 22.0 Å². The van der Waals surface area contributed by atoms with Crippen molar-refractivity contribution in [2.45, 2.75) is 18.2 Å². The van der Waals surface area contributed by atoms with Gasteiger partial charge in [-0.05, 0) is 19.4 Å². The van der Waals surface area contributed by atoms with E-state index in [-0.39, 0.29) is 10.8 Å². The molecule has 0 saturated heterocycles. The minimum absolute atomic E-state index is 0.0118. The summed E-state index contributed by atoms with van der Waals surface area (Å²) in [5.41, 5.74) is 0. The van der Waals surface area contributed by atoms with Gasteiger partial charge in [-0.3, -0.25) is 4.79 Å². The predicted octanol–water partition coefficient (Wildman–Crippen LogP) is 1.77. The summed E-state index contributed by atoms with van der Waals surface area (Å²) >= 11 is 1.10. The predicted molar refractivity (Wildman–Crippen MR) is 81.7 cm³/mol. The van der Waals surface area contributed by atoms with Crippen LogP contribution in [0.2, 0.25) is 0 Å². The highest BCUT2D eigenvalue weighted by molar-refractivity contribution is 8.13. The SMILES string of the molecule is COCCOCCCNC(=O)c1cc(S(=O)(=O)Cl)c(C)s1. The number of aryl methyl sites for hydroxylation is 1. The van der Waals surface area contributed by atoms with Gasteiger partial charge in [0.15, 0.2) is 0 Å². The van der Waals surface area contributed by atoms with Crippen molar-refractivity contribution in [1.82, 2.24) is 5.32 Å². The Morgan fingerprint density at radius 1 is 1.38 bits per heavy atom. The number of carbonyl (C=O) groups excluding carboxylic acids is 1. The molecule has 0 unspecified atom stereocenters. The molecule has 6 nitrogen and oxygen atoms in total. The maximum atomic E-state index is 11.9. The Hall–Kier alpha value is -0.670. The third kappa shape index (κ3) is 6.31. The maximum Gasteiger partial charge on any atom is 0.262 e. The summed E-state index contributed by atoms with van der Waals surface area (Å²) in [5, 5.41) is 2.70. The summed E-state index contributed by atoms with van der Waals surface area (Å²) in [6.45, 7) is 3.64. The molecule has 0 atom stereocenters. The van der Waals surface area contributed by atoms with Gasteiger partial charge in [-0.15, -0.1) is 11.3 Å². The molecule has 0 aromatic carbocycles. The fourth-order valence-corrected chi connectivity index (χ4v) is 4.11. The lowest BCUT2D eigenvalue weighted by Crippen LogP contribution is -2.24. The monoisotopic (exact) mass is 355 g/mol. The quantitative estimate of drug-likeness (QED) is 0.539. The third-order valence-corrected chi connectivity index (χ3v) is 5.17. The molecule has 0 aliphatic carbocycles. The van der Waals surface area contributed by atoms with Crippen LogP contribution in [-0.4, -0.2) is 47.8 Å². The van der Waals surface area contributed by atoms with Crippen LogP contribution in [0.4, 0.5) is 0 Å². The Morgan fingerprint density at radius 3 is 2.67 bits per heavy atom. The highest BCUT2D eigenvalue weighted by Gasteiger charge is 2.20. The molecule has 0 aliphatic heterocycles. The van der Waals surface area contributed by atoms with Gasteiger partial charge in [-0.1, -0.05) is 0 Å². The topological polar surface area (TPSA) is 81.7 Å². The van der Waals surface area contributed by atoms with Crippen LogP contribution < -0.4 is 5.32 Å². The van der Waals surface area contributed by atoms with Crippen LogP contribution in [0.25, 0.3) is 0 Å². The molecule has 0 fully saturated rings. The van der Waals surface area contributed by atoms with Crippen LogP contribution in [-0.2, 0) is 18.5 Å². The second kappa shape index (κ2) is 8.70. The molecule has 1 amide bonds. The van der Waals surface area contributed by atoms with Gasteiger partial charge in [0.2, 0.25) is 0 Å². The van der Waals surface area contributed by atoms with Crippen LogP contribution in [0.1, 0.15) is 21.0 Å². The van der Waals surface area contributed by atoms with Gasteiger partial charge >= 0.3 is 0 Å². The van der Waals surface area contributed by atoms with E-state index < -0.39 is 9.05 Å². The normalized spacial score (nSPS) is 11.6. The smallest absolute Gasteiger partial charge is 0.262 e. The molecule has 1 N–H and O–H groups in total. The summed E-state index contributed by atoms with van der Waals surface area (Å²) < 4.78 is 32.7. The van der Waals surface area contributed by atoms with E-state index in [0.717, 1.165) is 11.3 Å². The van der Waals surface area contributed by atoms with Crippen LogP contribution in [0, 0.1) is 6.92 Å². The van der Waals surface area contributed by atoms with Crippen molar-refractivity contribution in [2.75, 3.05) is 33.5 Å². The number of amides is 1. The molecule has 0 bridgehead atoms. The molecule has 0 aliphatic rings. The summed E-state index contributed by atoms with van der Waals surface area (Å²) in [4.78, 5) is 12.7. The second-order valence-electron chi connectivity index (χ2n) is 4.18. The first kappa shape index (κ1) is 18.4. The number of ether oxygens (including phenoxy) is 2. The highest BCUT2D eigenvalue weighted by Crippen LogP contribution is 2.28. The Kier molecular flexibility index (Phi) is 7.61. The van der Waals surface area contributed by atoms with Gasteiger partial charge in [0, 0.05) is 35.8 Å². The Balaban J connectivity index is 2.40. The molecule has 0 saturated carbocycles. The Morgan fingerprint density at radius 2 is 2.10 bits per heavy atom. The van der Waals surface area contributed by atoms with E-state index in [9.17, 15) is 13.2 Å². The van der Waals surface area contributed by atoms with E-state index in [1.54, 1.807) is 14.0 Å². The number of hydrogen-bond acceptors (Lipinski definition) is 6. The van der Waals surface area contributed by atoms with E-state index in [0.29, 0.717) is 42.5 Å². The lowest BCUT2D eigenvalue weighted by atomic mass is 10.4. The molecule has 21 heavy (non-hydrogen) atoms. The zero-order chi connectivity index (χ0) is 15.9. The molecule has 120 valence electrons. The van der Waals surface area contributed by atoms with Crippen molar-refractivity contribution in [3.63, 3.8) is 0 Å². The van der Waals surface area contributed by atoms with Gasteiger partial charge in [-0.25, -0.2) is 8.42 Å². The van der Waals surface area contributed by atoms with Gasteiger partial charge < -0.3 is 14.8 Å². The molecule has 1 heterocycles. The Bertz CT molecular complexity index is 570. The lowest BCUT2D eigenvalue weighted by molar-refractivity contribution is 0.0688. The average molecular weight is 356 g/mol. The first-order valence-electron chi connectivity index (χ1n) is 6.26. The highest BCUT2D eigenvalue weighted by atomic mass is 35.7. The fourth-order valence-electron chi connectivity index (χ4n) is 1.53. The van der Waals surface area contributed by atoms with Crippen LogP contribution in [0.3, 0.4) is 0 Å². The van der Waals surface area contributed by atoms with Crippen molar-refractivity contribution >= 4 is 37.0 Å². The standard InChI is InChI=1S/C12H18ClNO5S2/c1-9-11(21(13,16)17)8-10(20-9)12(15)14-4-3-5-19-7-6-18-2/h8H,3-7H2,1-2H3,(H,14,15). The summed E-state index contributed by atoms with van der Waals surface area (Å²) in [6, 6.07) is 1.30. The molecule has 9 heteroatoms. The molecular weight excluding hydrogens is 338 g/mol.